The average Bonchev–Trinajstić information content (AvgIpc) is 2.85. The number of rotatable bonds is 5. The molecule has 2 aromatic rings. The Morgan fingerprint density at radius 2 is 2.19 bits per heavy atom. The van der Waals surface area contributed by atoms with Gasteiger partial charge in [-0.05, 0) is 47.1 Å². The van der Waals surface area contributed by atoms with E-state index in [1.165, 1.54) is 0 Å². The van der Waals surface area contributed by atoms with Crippen molar-refractivity contribution in [3.8, 4) is 5.75 Å². The summed E-state index contributed by atoms with van der Waals surface area (Å²) in [4.78, 5) is 13.7. The summed E-state index contributed by atoms with van der Waals surface area (Å²) in [7, 11) is 1.71. The standard InChI is InChI=1S/C15H17BrN2O3/c1-3-20-12-6-4-5-11(9-12)17-15(19)18(2)10-13-7-8-14(16)21-13/h4-9H,3,10H2,1-2H3,(H,17,19). The third-order valence-electron chi connectivity index (χ3n) is 2.76. The Bertz CT molecular complexity index is 612. The Morgan fingerprint density at radius 1 is 1.38 bits per heavy atom. The van der Waals surface area contributed by atoms with Gasteiger partial charge in [0.05, 0.1) is 13.2 Å². The Morgan fingerprint density at radius 3 is 2.86 bits per heavy atom. The number of urea groups is 1. The molecule has 6 heteroatoms. The molecule has 0 aliphatic heterocycles. The van der Waals surface area contributed by atoms with Gasteiger partial charge in [-0.3, -0.25) is 0 Å². The van der Waals surface area contributed by atoms with Crippen LogP contribution in [0.15, 0.2) is 45.5 Å². The smallest absolute Gasteiger partial charge is 0.321 e. The molecular weight excluding hydrogens is 336 g/mol. The second kappa shape index (κ2) is 7.17. The van der Waals surface area contributed by atoms with Gasteiger partial charge in [-0.15, -0.1) is 0 Å². The molecule has 1 heterocycles. The molecule has 0 unspecified atom stereocenters. The molecule has 0 aliphatic rings. The summed E-state index contributed by atoms with van der Waals surface area (Å²) in [5.41, 5.74) is 0.693. The average molecular weight is 353 g/mol. The van der Waals surface area contributed by atoms with E-state index < -0.39 is 0 Å². The molecule has 2 amide bonds. The van der Waals surface area contributed by atoms with Gasteiger partial charge in [-0.2, -0.15) is 0 Å². The van der Waals surface area contributed by atoms with E-state index in [9.17, 15) is 4.79 Å². The first-order chi connectivity index (χ1) is 10.1. The minimum atomic E-state index is -0.212. The van der Waals surface area contributed by atoms with Gasteiger partial charge in [-0.25, -0.2) is 4.79 Å². The van der Waals surface area contributed by atoms with Crippen LogP contribution in [0, 0.1) is 0 Å². The van der Waals surface area contributed by atoms with Gasteiger partial charge < -0.3 is 19.4 Å². The van der Waals surface area contributed by atoms with Gasteiger partial charge >= 0.3 is 6.03 Å². The molecule has 5 nitrogen and oxygen atoms in total. The number of nitrogens with one attached hydrogen (secondary N) is 1. The predicted octanol–water partition coefficient (Wildman–Crippen LogP) is 4.10. The van der Waals surface area contributed by atoms with Crippen LogP contribution in [0.2, 0.25) is 0 Å². The largest absolute Gasteiger partial charge is 0.494 e. The lowest BCUT2D eigenvalue weighted by atomic mass is 10.3. The molecule has 0 aliphatic carbocycles. The van der Waals surface area contributed by atoms with Crippen molar-refractivity contribution < 1.29 is 13.9 Å². The summed E-state index contributed by atoms with van der Waals surface area (Å²) in [6.45, 7) is 2.90. The summed E-state index contributed by atoms with van der Waals surface area (Å²) >= 11 is 3.24. The van der Waals surface area contributed by atoms with Crippen molar-refractivity contribution in [3.05, 3.63) is 46.8 Å². The minimum absolute atomic E-state index is 0.212. The van der Waals surface area contributed by atoms with Crippen molar-refractivity contribution in [2.75, 3.05) is 19.0 Å². The third kappa shape index (κ3) is 4.53. The molecule has 1 N–H and O–H groups in total. The van der Waals surface area contributed by atoms with E-state index in [0.717, 1.165) is 5.75 Å². The van der Waals surface area contributed by atoms with Crippen molar-refractivity contribution >= 4 is 27.6 Å². The molecule has 0 saturated carbocycles. The van der Waals surface area contributed by atoms with Crippen LogP contribution >= 0.6 is 15.9 Å². The zero-order chi connectivity index (χ0) is 15.2. The second-order valence-electron chi connectivity index (χ2n) is 4.45. The maximum absolute atomic E-state index is 12.1. The fourth-order valence-corrected chi connectivity index (χ4v) is 2.13. The van der Waals surface area contributed by atoms with E-state index in [1.807, 2.05) is 31.2 Å². The second-order valence-corrected chi connectivity index (χ2v) is 5.23. The molecule has 0 fully saturated rings. The highest BCUT2D eigenvalue weighted by molar-refractivity contribution is 9.10. The SMILES string of the molecule is CCOc1cccc(NC(=O)N(C)Cc2ccc(Br)o2)c1. The number of hydrogen-bond donors (Lipinski definition) is 1. The fourth-order valence-electron chi connectivity index (χ4n) is 1.79. The van der Waals surface area contributed by atoms with Crippen molar-refractivity contribution in [2.24, 2.45) is 0 Å². The Labute approximate surface area is 132 Å². The third-order valence-corrected chi connectivity index (χ3v) is 3.19. The lowest BCUT2D eigenvalue weighted by Gasteiger charge is -2.17. The maximum Gasteiger partial charge on any atom is 0.321 e. The molecule has 0 spiro atoms. The molecule has 0 saturated heterocycles. The van der Waals surface area contributed by atoms with Crippen LogP contribution in [0.5, 0.6) is 5.75 Å². The summed E-state index contributed by atoms with van der Waals surface area (Å²) in [5, 5.41) is 2.82. The predicted molar refractivity (Wildman–Crippen MR) is 84.5 cm³/mol. The zero-order valence-electron chi connectivity index (χ0n) is 11.9. The van der Waals surface area contributed by atoms with Gasteiger partial charge in [0.1, 0.15) is 11.5 Å². The van der Waals surface area contributed by atoms with Gasteiger partial charge in [0.15, 0.2) is 4.67 Å². The number of ether oxygens (including phenoxy) is 1. The molecule has 112 valence electrons. The van der Waals surface area contributed by atoms with E-state index >= 15 is 0 Å². The highest BCUT2D eigenvalue weighted by Crippen LogP contribution is 2.18. The molecule has 21 heavy (non-hydrogen) atoms. The monoisotopic (exact) mass is 352 g/mol. The van der Waals surface area contributed by atoms with Crippen LogP contribution in [-0.2, 0) is 6.54 Å². The van der Waals surface area contributed by atoms with Crippen LogP contribution in [0.3, 0.4) is 0 Å². The van der Waals surface area contributed by atoms with Crippen LogP contribution in [0.4, 0.5) is 10.5 Å². The Kier molecular flexibility index (Phi) is 5.27. The Hall–Kier alpha value is -1.95. The molecule has 0 radical (unpaired) electrons. The molecule has 0 bridgehead atoms. The summed E-state index contributed by atoms with van der Waals surface area (Å²) in [6.07, 6.45) is 0. The van der Waals surface area contributed by atoms with Crippen LogP contribution in [0.25, 0.3) is 0 Å². The molecular formula is C15H17BrN2O3. The number of furan rings is 1. The van der Waals surface area contributed by atoms with E-state index in [2.05, 4.69) is 21.2 Å². The summed E-state index contributed by atoms with van der Waals surface area (Å²) in [5.74, 6) is 1.44. The lowest BCUT2D eigenvalue weighted by molar-refractivity contribution is 0.216. The topological polar surface area (TPSA) is 54.7 Å². The first kappa shape index (κ1) is 15.4. The van der Waals surface area contributed by atoms with Crippen molar-refractivity contribution in [1.82, 2.24) is 4.90 Å². The number of amides is 2. The number of anilines is 1. The van der Waals surface area contributed by atoms with E-state index in [0.29, 0.717) is 29.3 Å². The van der Waals surface area contributed by atoms with E-state index in [4.69, 9.17) is 9.15 Å². The molecule has 0 atom stereocenters. The van der Waals surface area contributed by atoms with Crippen molar-refractivity contribution in [3.63, 3.8) is 0 Å². The number of benzene rings is 1. The summed E-state index contributed by atoms with van der Waals surface area (Å²) < 4.78 is 11.4. The number of carbonyl (C=O) groups is 1. The first-order valence-electron chi connectivity index (χ1n) is 6.57. The minimum Gasteiger partial charge on any atom is -0.494 e. The normalized spacial score (nSPS) is 10.2. The van der Waals surface area contributed by atoms with Crippen LogP contribution < -0.4 is 10.1 Å². The highest BCUT2D eigenvalue weighted by atomic mass is 79.9. The van der Waals surface area contributed by atoms with Gasteiger partial charge in [0.25, 0.3) is 0 Å². The fraction of sp³-hybridized carbons (Fsp3) is 0.267. The molecule has 1 aromatic heterocycles. The van der Waals surface area contributed by atoms with E-state index in [-0.39, 0.29) is 6.03 Å². The Balaban J connectivity index is 1.95. The highest BCUT2D eigenvalue weighted by Gasteiger charge is 2.11. The lowest BCUT2D eigenvalue weighted by Crippen LogP contribution is -2.30. The number of halogens is 1. The number of nitrogens with zero attached hydrogens (tertiary/aromatic N) is 1. The quantitative estimate of drug-likeness (QED) is 0.880. The zero-order valence-corrected chi connectivity index (χ0v) is 13.5. The van der Waals surface area contributed by atoms with Gasteiger partial charge in [0, 0.05) is 18.8 Å². The number of hydrogen-bond acceptors (Lipinski definition) is 3. The first-order valence-corrected chi connectivity index (χ1v) is 7.37. The number of carbonyl (C=O) groups excluding carboxylic acids is 1. The summed E-state index contributed by atoms with van der Waals surface area (Å²) in [6, 6.07) is 10.7. The van der Waals surface area contributed by atoms with Crippen LogP contribution in [0.1, 0.15) is 12.7 Å². The molecule has 2 rings (SSSR count). The van der Waals surface area contributed by atoms with Crippen LogP contribution in [-0.4, -0.2) is 24.6 Å². The molecule has 1 aromatic carbocycles. The van der Waals surface area contributed by atoms with E-state index in [1.54, 1.807) is 24.1 Å². The maximum atomic E-state index is 12.1. The van der Waals surface area contributed by atoms with Crippen molar-refractivity contribution in [1.29, 1.82) is 0 Å². The van der Waals surface area contributed by atoms with Crippen molar-refractivity contribution in [2.45, 2.75) is 13.5 Å². The van der Waals surface area contributed by atoms with Gasteiger partial charge in [0.2, 0.25) is 0 Å². The van der Waals surface area contributed by atoms with Gasteiger partial charge in [-0.1, -0.05) is 6.07 Å².